The number of anilines is 1. The van der Waals surface area contributed by atoms with Gasteiger partial charge in [-0.1, -0.05) is 6.42 Å². The Balaban J connectivity index is 2.02. The topological polar surface area (TPSA) is 47.7 Å². The fraction of sp³-hybridized carbons (Fsp3) is 0.667. The molecular weight excluding hydrogens is 276 g/mol. The number of nitrogens with two attached hydrogens (primary N) is 1. The van der Waals surface area contributed by atoms with E-state index in [1.165, 1.54) is 31.2 Å². The summed E-state index contributed by atoms with van der Waals surface area (Å²) in [7, 11) is 3.52. The third-order valence-corrected chi connectivity index (χ3v) is 5.47. The van der Waals surface area contributed by atoms with Crippen LogP contribution >= 0.6 is 0 Å². The van der Waals surface area contributed by atoms with Gasteiger partial charge in [0.1, 0.15) is 11.5 Å². The van der Waals surface area contributed by atoms with E-state index in [0.717, 1.165) is 43.1 Å². The molecule has 0 atom stereocenters. The highest BCUT2D eigenvalue weighted by atomic mass is 16.5. The molecule has 0 radical (unpaired) electrons. The van der Waals surface area contributed by atoms with E-state index in [2.05, 4.69) is 17.0 Å². The van der Waals surface area contributed by atoms with Crippen LogP contribution in [0.4, 0.5) is 5.69 Å². The van der Waals surface area contributed by atoms with Crippen molar-refractivity contribution in [3.05, 3.63) is 17.7 Å². The van der Waals surface area contributed by atoms with Gasteiger partial charge in [-0.15, -0.1) is 0 Å². The largest absolute Gasteiger partial charge is 0.496 e. The Hall–Kier alpha value is -1.42. The standard InChI is InChI=1S/C18H28N2O2/c1-21-16-12-15(20-9-4-3-5-10-20)17(22-2)11-14(16)18(13-19)7-6-8-18/h11-12H,3-10,13,19H2,1-2H3. The predicted octanol–water partition coefficient (Wildman–Crippen LogP) is 3.07. The number of hydrogen-bond acceptors (Lipinski definition) is 4. The Morgan fingerprint density at radius 3 is 2.18 bits per heavy atom. The van der Waals surface area contributed by atoms with Gasteiger partial charge < -0.3 is 20.1 Å². The molecule has 3 rings (SSSR count). The molecule has 122 valence electrons. The predicted molar refractivity (Wildman–Crippen MR) is 90.2 cm³/mol. The summed E-state index contributed by atoms with van der Waals surface area (Å²) in [5.41, 5.74) is 8.56. The van der Waals surface area contributed by atoms with Crippen LogP contribution in [0.2, 0.25) is 0 Å². The maximum Gasteiger partial charge on any atom is 0.142 e. The Morgan fingerprint density at radius 2 is 1.68 bits per heavy atom. The summed E-state index contributed by atoms with van der Waals surface area (Å²) in [5, 5.41) is 0. The highest BCUT2D eigenvalue weighted by Crippen LogP contribution is 2.49. The van der Waals surface area contributed by atoms with Crippen LogP contribution in [0.15, 0.2) is 12.1 Å². The summed E-state index contributed by atoms with van der Waals surface area (Å²) >= 11 is 0. The molecule has 2 fully saturated rings. The van der Waals surface area contributed by atoms with Crippen LogP contribution in [0.3, 0.4) is 0 Å². The number of nitrogens with zero attached hydrogens (tertiary/aromatic N) is 1. The van der Waals surface area contributed by atoms with E-state index in [1.807, 2.05) is 0 Å². The average molecular weight is 304 g/mol. The molecule has 4 heteroatoms. The molecule has 0 unspecified atom stereocenters. The molecule has 4 nitrogen and oxygen atoms in total. The van der Waals surface area contributed by atoms with Crippen LogP contribution < -0.4 is 20.1 Å². The third kappa shape index (κ3) is 2.54. The molecule has 2 aliphatic rings. The maximum absolute atomic E-state index is 6.09. The number of hydrogen-bond donors (Lipinski definition) is 1. The Kier molecular flexibility index (Phi) is 4.48. The van der Waals surface area contributed by atoms with Crippen molar-refractivity contribution >= 4 is 5.69 Å². The molecule has 2 N–H and O–H groups in total. The van der Waals surface area contributed by atoms with Gasteiger partial charge in [0.2, 0.25) is 0 Å². The van der Waals surface area contributed by atoms with E-state index in [-0.39, 0.29) is 5.41 Å². The van der Waals surface area contributed by atoms with Crippen molar-refractivity contribution in [1.29, 1.82) is 0 Å². The Labute approximate surface area is 133 Å². The second kappa shape index (κ2) is 6.37. The van der Waals surface area contributed by atoms with E-state index >= 15 is 0 Å². The molecular formula is C18H28N2O2. The maximum atomic E-state index is 6.09. The lowest BCUT2D eigenvalue weighted by Gasteiger charge is -2.42. The Bertz CT molecular complexity index is 515. The summed E-state index contributed by atoms with van der Waals surface area (Å²) in [4.78, 5) is 2.42. The van der Waals surface area contributed by atoms with Crippen LogP contribution in [0.5, 0.6) is 11.5 Å². The SMILES string of the molecule is COc1cc(C2(CN)CCC2)c(OC)cc1N1CCCCC1. The first-order chi connectivity index (χ1) is 10.7. The van der Waals surface area contributed by atoms with Gasteiger partial charge in [-0.05, 0) is 38.2 Å². The minimum absolute atomic E-state index is 0.0824. The number of methoxy groups -OCH3 is 2. The van der Waals surface area contributed by atoms with Crippen LogP contribution in [0.1, 0.15) is 44.1 Å². The van der Waals surface area contributed by atoms with E-state index in [9.17, 15) is 0 Å². The fourth-order valence-corrected chi connectivity index (χ4v) is 3.86. The molecule has 1 saturated heterocycles. The second-order valence-corrected chi connectivity index (χ2v) is 6.61. The molecule has 1 aromatic rings. The number of piperidine rings is 1. The van der Waals surface area contributed by atoms with Crippen molar-refractivity contribution < 1.29 is 9.47 Å². The van der Waals surface area contributed by atoms with E-state index < -0.39 is 0 Å². The van der Waals surface area contributed by atoms with Gasteiger partial charge in [-0.25, -0.2) is 0 Å². The summed E-state index contributed by atoms with van der Waals surface area (Å²) in [5.74, 6) is 1.92. The molecule has 1 aromatic carbocycles. The zero-order chi connectivity index (χ0) is 15.6. The number of rotatable bonds is 5. The van der Waals surface area contributed by atoms with Gasteiger partial charge in [0.15, 0.2) is 0 Å². The van der Waals surface area contributed by atoms with Gasteiger partial charge in [-0.2, -0.15) is 0 Å². The first kappa shape index (κ1) is 15.5. The summed E-state index contributed by atoms with van der Waals surface area (Å²) in [6.07, 6.45) is 7.36. The molecule has 1 aliphatic heterocycles. The van der Waals surface area contributed by atoms with Gasteiger partial charge >= 0.3 is 0 Å². The highest BCUT2D eigenvalue weighted by molar-refractivity contribution is 5.65. The minimum atomic E-state index is 0.0824. The average Bonchev–Trinajstić information content (AvgIpc) is 2.54. The van der Waals surface area contributed by atoms with Crippen molar-refractivity contribution in [2.45, 2.75) is 43.9 Å². The zero-order valence-electron chi connectivity index (χ0n) is 13.9. The molecule has 0 bridgehead atoms. The van der Waals surface area contributed by atoms with Gasteiger partial charge in [0, 0.05) is 36.7 Å². The lowest BCUT2D eigenvalue weighted by molar-refractivity contribution is 0.242. The van der Waals surface area contributed by atoms with Crippen LogP contribution in [0, 0.1) is 0 Å². The minimum Gasteiger partial charge on any atom is -0.496 e. The van der Waals surface area contributed by atoms with Gasteiger partial charge in [0.25, 0.3) is 0 Å². The van der Waals surface area contributed by atoms with E-state index in [0.29, 0.717) is 6.54 Å². The fourth-order valence-electron chi connectivity index (χ4n) is 3.86. The van der Waals surface area contributed by atoms with Crippen LogP contribution in [-0.2, 0) is 5.41 Å². The molecule has 1 saturated carbocycles. The summed E-state index contributed by atoms with van der Waals surface area (Å²) < 4.78 is 11.4. The highest BCUT2D eigenvalue weighted by Gasteiger charge is 2.40. The van der Waals surface area contributed by atoms with Gasteiger partial charge in [-0.3, -0.25) is 0 Å². The molecule has 1 heterocycles. The number of ether oxygens (including phenoxy) is 2. The first-order valence-electron chi connectivity index (χ1n) is 8.45. The third-order valence-electron chi connectivity index (χ3n) is 5.47. The van der Waals surface area contributed by atoms with Crippen molar-refractivity contribution in [2.75, 3.05) is 38.8 Å². The monoisotopic (exact) mass is 304 g/mol. The van der Waals surface area contributed by atoms with E-state index in [1.54, 1.807) is 14.2 Å². The molecule has 0 spiro atoms. The van der Waals surface area contributed by atoms with E-state index in [4.69, 9.17) is 15.2 Å². The lowest BCUT2D eigenvalue weighted by Crippen LogP contribution is -2.42. The Morgan fingerprint density at radius 1 is 1.00 bits per heavy atom. The molecule has 22 heavy (non-hydrogen) atoms. The van der Waals surface area contributed by atoms with Gasteiger partial charge in [0.05, 0.1) is 19.9 Å². The summed E-state index contributed by atoms with van der Waals surface area (Å²) in [6, 6.07) is 4.34. The van der Waals surface area contributed by atoms with Crippen molar-refractivity contribution in [2.24, 2.45) is 5.73 Å². The smallest absolute Gasteiger partial charge is 0.142 e. The lowest BCUT2D eigenvalue weighted by atomic mass is 9.64. The van der Waals surface area contributed by atoms with Crippen molar-refractivity contribution in [3.8, 4) is 11.5 Å². The summed E-state index contributed by atoms with van der Waals surface area (Å²) in [6.45, 7) is 2.87. The molecule has 0 amide bonds. The molecule has 0 aromatic heterocycles. The van der Waals surface area contributed by atoms with Crippen molar-refractivity contribution in [3.63, 3.8) is 0 Å². The van der Waals surface area contributed by atoms with Crippen LogP contribution in [-0.4, -0.2) is 33.9 Å². The van der Waals surface area contributed by atoms with Crippen LogP contribution in [0.25, 0.3) is 0 Å². The normalized spacial score (nSPS) is 20.4. The second-order valence-electron chi connectivity index (χ2n) is 6.61. The quantitative estimate of drug-likeness (QED) is 0.908. The first-order valence-corrected chi connectivity index (χ1v) is 8.45. The molecule has 1 aliphatic carbocycles. The number of benzene rings is 1. The van der Waals surface area contributed by atoms with Crippen molar-refractivity contribution in [1.82, 2.24) is 0 Å². The zero-order valence-corrected chi connectivity index (χ0v) is 13.9.